The molecule has 53 heavy (non-hydrogen) atoms. The highest BCUT2D eigenvalue weighted by molar-refractivity contribution is 6.02. The maximum absolute atomic E-state index is 4.14. The number of nitrogens with one attached hydrogen (secondary N) is 1. The number of rotatable bonds is 5. The molecule has 0 saturated carbocycles. The molecule has 0 saturated heterocycles. The molecule has 1 N–H and O–H groups in total. The van der Waals surface area contributed by atoms with Crippen molar-refractivity contribution < 1.29 is 0 Å². The van der Waals surface area contributed by atoms with Crippen LogP contribution in [0.2, 0.25) is 0 Å². The Kier molecular flexibility index (Phi) is 7.27. The first-order valence-electron chi connectivity index (χ1n) is 18.9. The van der Waals surface area contributed by atoms with Crippen LogP contribution in [0.1, 0.15) is 57.9 Å². The molecule has 1 spiro atoms. The second-order valence-corrected chi connectivity index (χ2v) is 15.0. The van der Waals surface area contributed by atoms with E-state index in [1.165, 1.54) is 94.7 Å². The summed E-state index contributed by atoms with van der Waals surface area (Å²) in [6, 6.07) is 58.6. The van der Waals surface area contributed by atoms with Crippen LogP contribution in [-0.2, 0) is 5.41 Å². The van der Waals surface area contributed by atoms with Gasteiger partial charge in [-0.2, -0.15) is 0 Å². The van der Waals surface area contributed by atoms with Gasteiger partial charge in [0.05, 0.1) is 11.1 Å². The fraction of sp³-hybridized carbons (Fsp3) is 0.115. The van der Waals surface area contributed by atoms with Gasteiger partial charge in [-0.15, -0.1) is 0 Å². The Balaban J connectivity index is 1.25. The van der Waals surface area contributed by atoms with E-state index in [2.05, 4.69) is 196 Å². The lowest BCUT2D eigenvalue weighted by Gasteiger charge is -2.34. The normalized spacial score (nSPS) is 15.9. The van der Waals surface area contributed by atoms with Gasteiger partial charge in [-0.3, -0.25) is 0 Å². The van der Waals surface area contributed by atoms with Crippen molar-refractivity contribution in [2.45, 2.75) is 32.6 Å². The molecule has 0 heterocycles. The van der Waals surface area contributed by atoms with Gasteiger partial charge in [-0.1, -0.05) is 165 Å². The molecule has 0 aliphatic heterocycles. The minimum atomic E-state index is -0.467. The van der Waals surface area contributed by atoms with E-state index in [1.807, 2.05) is 0 Å². The lowest BCUT2D eigenvalue weighted by Crippen LogP contribution is -2.27. The topological polar surface area (TPSA) is 12.0 Å². The second kappa shape index (κ2) is 12.2. The molecule has 254 valence electrons. The van der Waals surface area contributed by atoms with Crippen molar-refractivity contribution in [3.63, 3.8) is 0 Å². The minimum Gasteiger partial charge on any atom is -0.355 e. The maximum atomic E-state index is 4.14. The average Bonchev–Trinajstić information content (AvgIpc) is 3.67. The van der Waals surface area contributed by atoms with Gasteiger partial charge in [0.2, 0.25) is 0 Å². The van der Waals surface area contributed by atoms with Gasteiger partial charge in [0, 0.05) is 16.8 Å². The minimum absolute atomic E-state index is 0.354. The van der Waals surface area contributed by atoms with Gasteiger partial charge in [-0.05, 0) is 116 Å². The standard InChI is InChI=1S/C52H41N/c1-33-14-4-6-16-39(33)36-26-28-38(29-27-36)53-51-45(46-32-37(25-24-35(46)3)40-17-7-5-15-34(40)2)31-30-44-43-20-10-13-23-49(43)52(50(44)51)47-21-11-8-18-41(47)42-19-9-12-22-48(42)52/h4-23,25-32,35,53H,24H2,1-3H3. The zero-order valence-electron chi connectivity index (χ0n) is 30.5. The third-order valence-corrected chi connectivity index (χ3v) is 12.1. The predicted octanol–water partition coefficient (Wildman–Crippen LogP) is 13.6. The molecular formula is C52H41N. The smallest absolute Gasteiger partial charge is 0.0746 e. The Bertz CT molecular complexity index is 2590. The molecule has 0 fully saturated rings. The maximum Gasteiger partial charge on any atom is 0.0746 e. The molecule has 7 aromatic carbocycles. The summed E-state index contributed by atoms with van der Waals surface area (Å²) >= 11 is 0. The molecule has 1 unspecified atom stereocenters. The third-order valence-electron chi connectivity index (χ3n) is 12.1. The molecule has 0 aromatic heterocycles. The number of allylic oxidation sites excluding steroid dienone is 4. The molecule has 10 rings (SSSR count). The van der Waals surface area contributed by atoms with Crippen LogP contribution in [0.3, 0.4) is 0 Å². The molecule has 7 aromatic rings. The molecule has 1 nitrogen and oxygen atoms in total. The molecule has 3 aliphatic rings. The number of hydrogen-bond acceptors (Lipinski definition) is 1. The van der Waals surface area contributed by atoms with Crippen molar-refractivity contribution in [2.75, 3.05) is 5.32 Å². The Morgan fingerprint density at radius 2 is 0.981 bits per heavy atom. The Labute approximate surface area is 313 Å². The predicted molar refractivity (Wildman–Crippen MR) is 224 cm³/mol. The van der Waals surface area contributed by atoms with E-state index < -0.39 is 5.41 Å². The number of aryl methyl sites for hydroxylation is 2. The van der Waals surface area contributed by atoms with Crippen LogP contribution in [0.25, 0.3) is 44.5 Å². The Morgan fingerprint density at radius 1 is 0.491 bits per heavy atom. The summed E-state index contributed by atoms with van der Waals surface area (Å²) in [6.07, 6.45) is 5.90. The van der Waals surface area contributed by atoms with E-state index in [4.69, 9.17) is 0 Å². The van der Waals surface area contributed by atoms with E-state index >= 15 is 0 Å². The highest BCUT2D eigenvalue weighted by atomic mass is 14.9. The second-order valence-electron chi connectivity index (χ2n) is 15.0. The molecule has 1 atom stereocenters. The first-order chi connectivity index (χ1) is 26.0. The third kappa shape index (κ3) is 4.70. The van der Waals surface area contributed by atoms with Gasteiger partial charge >= 0.3 is 0 Å². The largest absolute Gasteiger partial charge is 0.355 e. The molecule has 1 heteroatoms. The van der Waals surface area contributed by atoms with Crippen molar-refractivity contribution >= 4 is 22.5 Å². The van der Waals surface area contributed by atoms with Crippen LogP contribution < -0.4 is 5.32 Å². The van der Waals surface area contributed by atoms with Gasteiger partial charge in [0.15, 0.2) is 0 Å². The molecule has 0 amide bonds. The van der Waals surface area contributed by atoms with Crippen LogP contribution in [0, 0.1) is 19.8 Å². The number of benzene rings is 7. The summed E-state index contributed by atoms with van der Waals surface area (Å²) in [6.45, 7) is 6.80. The highest BCUT2D eigenvalue weighted by Crippen LogP contribution is 2.65. The summed E-state index contributed by atoms with van der Waals surface area (Å²) in [5, 5.41) is 4.14. The first-order valence-corrected chi connectivity index (χ1v) is 18.9. The van der Waals surface area contributed by atoms with Gasteiger partial charge in [0.1, 0.15) is 0 Å². The average molecular weight is 680 g/mol. The van der Waals surface area contributed by atoms with E-state index in [9.17, 15) is 0 Å². The van der Waals surface area contributed by atoms with Gasteiger partial charge < -0.3 is 5.32 Å². The molecule has 0 bridgehead atoms. The van der Waals surface area contributed by atoms with E-state index in [-0.39, 0.29) is 0 Å². The Hall–Kier alpha value is -6.18. The van der Waals surface area contributed by atoms with Crippen molar-refractivity contribution in [3.8, 4) is 33.4 Å². The van der Waals surface area contributed by atoms with Crippen LogP contribution in [0.4, 0.5) is 11.4 Å². The molecule has 0 radical (unpaired) electrons. The summed E-state index contributed by atoms with van der Waals surface area (Å²) in [7, 11) is 0. The lowest BCUT2D eigenvalue weighted by atomic mass is 9.69. The van der Waals surface area contributed by atoms with Crippen molar-refractivity contribution in [1.82, 2.24) is 0 Å². The zero-order chi connectivity index (χ0) is 35.7. The zero-order valence-corrected chi connectivity index (χ0v) is 30.5. The van der Waals surface area contributed by atoms with Crippen LogP contribution in [-0.4, -0.2) is 0 Å². The van der Waals surface area contributed by atoms with Crippen LogP contribution in [0.15, 0.2) is 170 Å². The SMILES string of the molecule is Cc1ccccc1C1=CCC(C)C(c2ccc3c(c2Nc2ccc(-c4ccccc4C)cc2)C2(c4ccccc4-c4ccccc42)c2ccccc2-3)=C1. The van der Waals surface area contributed by atoms with Gasteiger partial charge in [-0.25, -0.2) is 0 Å². The van der Waals surface area contributed by atoms with E-state index in [0.29, 0.717) is 5.92 Å². The highest BCUT2D eigenvalue weighted by Gasteiger charge is 2.53. The summed E-state index contributed by atoms with van der Waals surface area (Å²) < 4.78 is 0. The number of anilines is 2. The first kappa shape index (κ1) is 31.5. The summed E-state index contributed by atoms with van der Waals surface area (Å²) in [4.78, 5) is 0. The number of hydrogen-bond donors (Lipinski definition) is 1. The fourth-order valence-electron chi connectivity index (χ4n) is 9.56. The van der Waals surface area contributed by atoms with Gasteiger partial charge in [0.25, 0.3) is 0 Å². The molecule has 3 aliphatic carbocycles. The number of fused-ring (bicyclic) bond motifs is 10. The summed E-state index contributed by atoms with van der Waals surface area (Å²) in [5.74, 6) is 0.354. The van der Waals surface area contributed by atoms with Crippen molar-refractivity contribution in [3.05, 3.63) is 214 Å². The van der Waals surface area contributed by atoms with Crippen LogP contribution in [0.5, 0.6) is 0 Å². The van der Waals surface area contributed by atoms with Crippen molar-refractivity contribution in [1.29, 1.82) is 0 Å². The molecular weight excluding hydrogens is 639 g/mol. The summed E-state index contributed by atoms with van der Waals surface area (Å²) in [5.41, 5.74) is 22.8. The quantitative estimate of drug-likeness (QED) is 0.191. The van der Waals surface area contributed by atoms with Crippen molar-refractivity contribution in [2.24, 2.45) is 5.92 Å². The van der Waals surface area contributed by atoms with E-state index in [0.717, 1.165) is 12.1 Å². The Morgan fingerprint density at radius 3 is 1.57 bits per heavy atom. The fourth-order valence-corrected chi connectivity index (χ4v) is 9.56. The van der Waals surface area contributed by atoms with E-state index in [1.54, 1.807) is 0 Å². The van der Waals surface area contributed by atoms with Crippen LogP contribution >= 0.6 is 0 Å². The lowest BCUT2D eigenvalue weighted by molar-refractivity contribution is 0.759. The monoisotopic (exact) mass is 679 g/mol.